The molecule has 0 amide bonds. The van der Waals surface area contributed by atoms with Crippen LogP contribution in [0, 0.1) is 5.92 Å². The Balaban J connectivity index is 3.05. The molecule has 2 heteroatoms. The quantitative estimate of drug-likeness (QED) is 0.564. The highest BCUT2D eigenvalue weighted by atomic mass is 16.5. The van der Waals surface area contributed by atoms with Gasteiger partial charge in [-0.15, -0.1) is 0 Å². The summed E-state index contributed by atoms with van der Waals surface area (Å²) in [5, 5.41) is 8.50. The smallest absolute Gasteiger partial charge is 0.0697 e. The Morgan fingerprint density at radius 1 is 1.23 bits per heavy atom. The van der Waals surface area contributed by atoms with Crippen LogP contribution in [0.25, 0.3) is 0 Å². The van der Waals surface area contributed by atoms with Crippen LogP contribution in [0.15, 0.2) is 0 Å². The summed E-state index contributed by atoms with van der Waals surface area (Å²) in [6, 6.07) is 0. The van der Waals surface area contributed by atoms with Crippen LogP contribution in [0.2, 0.25) is 0 Å². The van der Waals surface area contributed by atoms with Crippen LogP contribution in [-0.2, 0) is 4.74 Å². The lowest BCUT2D eigenvalue weighted by Crippen LogP contribution is -2.08. The number of hydrogen-bond donors (Lipinski definition) is 1. The fourth-order valence-corrected chi connectivity index (χ4v) is 1.35. The molecular weight excluding hydrogens is 164 g/mol. The van der Waals surface area contributed by atoms with Gasteiger partial charge in [0, 0.05) is 6.61 Å². The molecule has 13 heavy (non-hydrogen) atoms. The molecule has 0 radical (unpaired) electrons. The summed E-state index contributed by atoms with van der Waals surface area (Å²) < 4.78 is 5.25. The monoisotopic (exact) mass is 188 g/mol. The van der Waals surface area contributed by atoms with Gasteiger partial charge in [-0.05, 0) is 12.3 Å². The van der Waals surface area contributed by atoms with Gasteiger partial charge >= 0.3 is 0 Å². The van der Waals surface area contributed by atoms with E-state index in [2.05, 4.69) is 13.8 Å². The molecule has 2 nitrogen and oxygen atoms in total. The van der Waals surface area contributed by atoms with Crippen LogP contribution in [0.1, 0.15) is 46.0 Å². The Morgan fingerprint density at radius 2 is 2.00 bits per heavy atom. The summed E-state index contributed by atoms with van der Waals surface area (Å²) in [7, 11) is 0. The molecule has 0 aromatic carbocycles. The van der Waals surface area contributed by atoms with Gasteiger partial charge in [0.15, 0.2) is 0 Å². The van der Waals surface area contributed by atoms with Crippen molar-refractivity contribution in [3.63, 3.8) is 0 Å². The molecule has 0 fully saturated rings. The molecule has 80 valence electrons. The molecule has 1 atom stereocenters. The van der Waals surface area contributed by atoms with Crippen LogP contribution in [0.3, 0.4) is 0 Å². The zero-order chi connectivity index (χ0) is 9.94. The van der Waals surface area contributed by atoms with Crippen molar-refractivity contribution in [2.75, 3.05) is 19.8 Å². The third-order valence-corrected chi connectivity index (χ3v) is 2.19. The molecule has 0 aliphatic heterocycles. The molecular formula is C11H24O2. The summed E-state index contributed by atoms with van der Waals surface area (Å²) in [5.41, 5.74) is 0. The van der Waals surface area contributed by atoms with Crippen molar-refractivity contribution in [1.29, 1.82) is 0 Å². The van der Waals surface area contributed by atoms with Crippen LogP contribution >= 0.6 is 0 Å². The lowest BCUT2D eigenvalue weighted by molar-refractivity contribution is 0.0691. The first-order valence-corrected chi connectivity index (χ1v) is 5.49. The van der Waals surface area contributed by atoms with E-state index in [4.69, 9.17) is 9.84 Å². The number of unbranched alkanes of at least 4 members (excludes halogenated alkanes) is 3. The van der Waals surface area contributed by atoms with E-state index in [1.54, 1.807) is 0 Å². The molecule has 0 aromatic rings. The minimum Gasteiger partial charge on any atom is -0.394 e. The van der Waals surface area contributed by atoms with Gasteiger partial charge in [-0.3, -0.25) is 0 Å². The van der Waals surface area contributed by atoms with Crippen molar-refractivity contribution in [3.8, 4) is 0 Å². The largest absolute Gasteiger partial charge is 0.394 e. The second kappa shape index (κ2) is 10.0. The van der Waals surface area contributed by atoms with Crippen molar-refractivity contribution in [2.45, 2.75) is 46.0 Å². The first-order chi connectivity index (χ1) is 6.31. The van der Waals surface area contributed by atoms with Crippen LogP contribution in [0.5, 0.6) is 0 Å². The van der Waals surface area contributed by atoms with Gasteiger partial charge in [0.1, 0.15) is 0 Å². The van der Waals surface area contributed by atoms with E-state index in [9.17, 15) is 0 Å². The van der Waals surface area contributed by atoms with Gasteiger partial charge in [0.2, 0.25) is 0 Å². The van der Waals surface area contributed by atoms with E-state index in [1.165, 1.54) is 32.1 Å². The fraction of sp³-hybridized carbons (Fsp3) is 1.00. The minimum atomic E-state index is 0.141. The Hall–Kier alpha value is -0.0800. The van der Waals surface area contributed by atoms with Crippen LogP contribution in [0.4, 0.5) is 0 Å². The average Bonchev–Trinajstić information content (AvgIpc) is 2.13. The standard InChI is InChI=1S/C11H24O2/c1-3-4-5-6-7-11(2)10-13-9-8-12/h11-12H,3-10H2,1-2H3. The molecule has 0 heterocycles. The zero-order valence-electron chi connectivity index (χ0n) is 9.09. The normalized spacial score (nSPS) is 13.2. The van der Waals surface area contributed by atoms with Gasteiger partial charge in [-0.25, -0.2) is 0 Å². The summed E-state index contributed by atoms with van der Waals surface area (Å²) in [5.74, 6) is 0.642. The molecule has 0 aliphatic carbocycles. The lowest BCUT2D eigenvalue weighted by Gasteiger charge is -2.10. The van der Waals surface area contributed by atoms with Crippen molar-refractivity contribution in [1.82, 2.24) is 0 Å². The van der Waals surface area contributed by atoms with E-state index in [0.29, 0.717) is 12.5 Å². The third-order valence-electron chi connectivity index (χ3n) is 2.19. The van der Waals surface area contributed by atoms with Gasteiger partial charge in [-0.2, -0.15) is 0 Å². The SMILES string of the molecule is CCCCCCC(C)COCCO. The maximum absolute atomic E-state index is 8.50. The number of ether oxygens (including phenoxy) is 1. The molecule has 0 rings (SSSR count). The molecule has 0 bridgehead atoms. The molecule has 0 aliphatic rings. The highest BCUT2D eigenvalue weighted by Gasteiger charge is 2.01. The molecule has 0 aromatic heterocycles. The van der Waals surface area contributed by atoms with E-state index in [1.807, 2.05) is 0 Å². The first-order valence-electron chi connectivity index (χ1n) is 5.49. The summed E-state index contributed by atoms with van der Waals surface area (Å²) in [6.45, 7) is 5.87. The van der Waals surface area contributed by atoms with E-state index >= 15 is 0 Å². The summed E-state index contributed by atoms with van der Waals surface area (Å²) in [4.78, 5) is 0. The lowest BCUT2D eigenvalue weighted by atomic mass is 10.0. The molecule has 0 spiro atoms. The van der Waals surface area contributed by atoms with Gasteiger partial charge < -0.3 is 9.84 Å². The molecule has 1 unspecified atom stereocenters. The molecule has 1 N–H and O–H groups in total. The summed E-state index contributed by atoms with van der Waals surface area (Å²) >= 11 is 0. The van der Waals surface area contributed by atoms with E-state index in [-0.39, 0.29) is 6.61 Å². The van der Waals surface area contributed by atoms with Crippen LogP contribution in [-0.4, -0.2) is 24.9 Å². The highest BCUT2D eigenvalue weighted by molar-refractivity contribution is 4.52. The predicted octanol–water partition coefficient (Wildman–Crippen LogP) is 2.60. The molecule has 0 saturated heterocycles. The number of hydrogen-bond acceptors (Lipinski definition) is 2. The fourth-order valence-electron chi connectivity index (χ4n) is 1.35. The Labute approximate surface area is 82.3 Å². The Bertz CT molecular complexity index is 94.1. The van der Waals surface area contributed by atoms with E-state index in [0.717, 1.165) is 6.61 Å². The average molecular weight is 188 g/mol. The second-order valence-corrected chi connectivity index (χ2v) is 3.75. The number of aliphatic hydroxyl groups is 1. The second-order valence-electron chi connectivity index (χ2n) is 3.75. The van der Waals surface area contributed by atoms with E-state index < -0.39 is 0 Å². The Morgan fingerprint density at radius 3 is 2.62 bits per heavy atom. The molecule has 0 saturated carbocycles. The first kappa shape index (κ1) is 12.9. The van der Waals surface area contributed by atoms with Gasteiger partial charge in [0.25, 0.3) is 0 Å². The van der Waals surface area contributed by atoms with Gasteiger partial charge in [0.05, 0.1) is 13.2 Å². The number of rotatable bonds is 9. The van der Waals surface area contributed by atoms with Crippen molar-refractivity contribution < 1.29 is 9.84 Å². The minimum absolute atomic E-state index is 0.141. The van der Waals surface area contributed by atoms with Crippen molar-refractivity contribution in [3.05, 3.63) is 0 Å². The van der Waals surface area contributed by atoms with Crippen molar-refractivity contribution in [2.24, 2.45) is 5.92 Å². The number of aliphatic hydroxyl groups excluding tert-OH is 1. The van der Waals surface area contributed by atoms with Gasteiger partial charge in [-0.1, -0.05) is 39.5 Å². The topological polar surface area (TPSA) is 29.5 Å². The Kier molecular flexibility index (Phi) is 9.94. The maximum atomic E-state index is 8.50. The maximum Gasteiger partial charge on any atom is 0.0697 e. The summed E-state index contributed by atoms with van der Waals surface area (Å²) in [6.07, 6.45) is 6.57. The van der Waals surface area contributed by atoms with Crippen LogP contribution < -0.4 is 0 Å². The predicted molar refractivity (Wildman–Crippen MR) is 55.8 cm³/mol. The highest BCUT2D eigenvalue weighted by Crippen LogP contribution is 2.10. The third kappa shape index (κ3) is 9.84. The zero-order valence-corrected chi connectivity index (χ0v) is 9.09. The van der Waals surface area contributed by atoms with Crippen molar-refractivity contribution >= 4 is 0 Å².